The Balaban J connectivity index is 3.28. The number of carboxylic acids is 1. The molecule has 1 rings (SSSR count). The standard InChI is InChI=1S/C11H16N2O3/c1-4-9-8(10(14)15)6-13(5-7(2)3)11(16)12-9/h6-7H,4-5H2,1-3H3,(H,14,15). The van der Waals surface area contributed by atoms with Crippen molar-refractivity contribution in [3.63, 3.8) is 0 Å². The maximum atomic E-state index is 11.6. The molecule has 0 fully saturated rings. The van der Waals surface area contributed by atoms with Crippen LogP contribution >= 0.6 is 0 Å². The van der Waals surface area contributed by atoms with E-state index in [4.69, 9.17) is 5.11 Å². The van der Waals surface area contributed by atoms with E-state index in [9.17, 15) is 9.59 Å². The highest BCUT2D eigenvalue weighted by molar-refractivity contribution is 5.88. The smallest absolute Gasteiger partial charge is 0.347 e. The van der Waals surface area contributed by atoms with Gasteiger partial charge in [-0.15, -0.1) is 0 Å². The number of aromatic carboxylic acids is 1. The van der Waals surface area contributed by atoms with Gasteiger partial charge in [-0.3, -0.25) is 4.57 Å². The van der Waals surface area contributed by atoms with Crippen LogP contribution in [-0.2, 0) is 13.0 Å². The first-order valence-corrected chi connectivity index (χ1v) is 5.29. The van der Waals surface area contributed by atoms with Crippen LogP contribution in [0.5, 0.6) is 0 Å². The van der Waals surface area contributed by atoms with Crippen LogP contribution in [0.2, 0.25) is 0 Å². The van der Waals surface area contributed by atoms with Crippen LogP contribution in [0.3, 0.4) is 0 Å². The van der Waals surface area contributed by atoms with Gasteiger partial charge in [0.2, 0.25) is 0 Å². The number of hydrogen-bond donors (Lipinski definition) is 1. The fourth-order valence-electron chi connectivity index (χ4n) is 1.50. The molecule has 0 aromatic carbocycles. The van der Waals surface area contributed by atoms with Gasteiger partial charge >= 0.3 is 11.7 Å². The number of aromatic nitrogens is 2. The fraction of sp³-hybridized carbons (Fsp3) is 0.545. The van der Waals surface area contributed by atoms with Gasteiger partial charge in [0.15, 0.2) is 0 Å². The minimum absolute atomic E-state index is 0.114. The molecular formula is C11H16N2O3. The Labute approximate surface area is 93.8 Å². The van der Waals surface area contributed by atoms with Crippen LogP contribution in [0.4, 0.5) is 0 Å². The Morgan fingerprint density at radius 3 is 2.62 bits per heavy atom. The first kappa shape index (κ1) is 12.4. The summed E-state index contributed by atoms with van der Waals surface area (Å²) in [6.45, 7) is 6.18. The summed E-state index contributed by atoms with van der Waals surface area (Å²) in [5.41, 5.74) is 0.0795. The number of aryl methyl sites for hydroxylation is 1. The highest BCUT2D eigenvalue weighted by atomic mass is 16.4. The molecule has 1 heterocycles. The maximum Gasteiger partial charge on any atom is 0.347 e. The Morgan fingerprint density at radius 2 is 2.19 bits per heavy atom. The van der Waals surface area contributed by atoms with Crippen molar-refractivity contribution in [3.05, 3.63) is 27.9 Å². The van der Waals surface area contributed by atoms with Crippen LogP contribution in [0, 0.1) is 5.92 Å². The molecule has 1 aromatic rings. The molecule has 0 aliphatic rings. The summed E-state index contributed by atoms with van der Waals surface area (Å²) in [5.74, 6) is -0.768. The number of carbonyl (C=O) groups is 1. The Bertz CT molecular complexity index is 449. The van der Waals surface area contributed by atoms with Crippen molar-refractivity contribution in [1.82, 2.24) is 9.55 Å². The van der Waals surface area contributed by atoms with Gasteiger partial charge in [0.1, 0.15) is 0 Å². The van der Waals surface area contributed by atoms with E-state index in [1.165, 1.54) is 10.8 Å². The summed E-state index contributed by atoms with van der Waals surface area (Å²) in [7, 11) is 0. The summed E-state index contributed by atoms with van der Waals surface area (Å²) in [6.07, 6.45) is 1.83. The quantitative estimate of drug-likeness (QED) is 0.833. The zero-order chi connectivity index (χ0) is 12.3. The molecule has 1 N–H and O–H groups in total. The van der Waals surface area contributed by atoms with Crippen molar-refractivity contribution in [2.45, 2.75) is 33.7 Å². The molecule has 0 saturated heterocycles. The van der Waals surface area contributed by atoms with E-state index in [0.717, 1.165) is 0 Å². The lowest BCUT2D eigenvalue weighted by atomic mass is 10.2. The van der Waals surface area contributed by atoms with E-state index in [1.807, 2.05) is 13.8 Å². The van der Waals surface area contributed by atoms with Gasteiger partial charge in [-0.2, -0.15) is 4.98 Å². The first-order valence-electron chi connectivity index (χ1n) is 5.29. The second-order valence-corrected chi connectivity index (χ2v) is 4.09. The van der Waals surface area contributed by atoms with Gasteiger partial charge in [0.05, 0.1) is 11.3 Å². The van der Waals surface area contributed by atoms with Crippen LogP contribution in [-0.4, -0.2) is 20.6 Å². The molecular weight excluding hydrogens is 208 g/mol. The molecule has 0 aliphatic heterocycles. The number of nitrogens with zero attached hydrogens (tertiary/aromatic N) is 2. The molecule has 16 heavy (non-hydrogen) atoms. The summed E-state index contributed by atoms with van der Waals surface area (Å²) >= 11 is 0. The Hall–Kier alpha value is -1.65. The summed E-state index contributed by atoms with van der Waals surface area (Å²) in [4.78, 5) is 26.3. The largest absolute Gasteiger partial charge is 0.478 e. The van der Waals surface area contributed by atoms with E-state index in [-0.39, 0.29) is 17.2 Å². The number of rotatable bonds is 4. The first-order chi connectivity index (χ1) is 7.45. The molecule has 5 heteroatoms. The highest BCUT2D eigenvalue weighted by Crippen LogP contribution is 2.05. The predicted octanol–water partition coefficient (Wildman–Crippen LogP) is 1.16. The second-order valence-electron chi connectivity index (χ2n) is 4.09. The second kappa shape index (κ2) is 4.92. The normalized spacial score (nSPS) is 10.8. The van der Waals surface area contributed by atoms with Crippen molar-refractivity contribution in [2.75, 3.05) is 0 Å². The third-order valence-electron chi connectivity index (χ3n) is 2.20. The summed E-state index contributed by atoms with van der Waals surface area (Å²) < 4.78 is 1.35. The predicted molar refractivity (Wildman–Crippen MR) is 59.7 cm³/mol. The Morgan fingerprint density at radius 1 is 1.56 bits per heavy atom. The minimum atomic E-state index is -1.04. The van der Waals surface area contributed by atoms with E-state index in [0.29, 0.717) is 18.7 Å². The molecule has 0 amide bonds. The van der Waals surface area contributed by atoms with Crippen molar-refractivity contribution in [2.24, 2.45) is 5.92 Å². The van der Waals surface area contributed by atoms with E-state index in [1.54, 1.807) is 6.92 Å². The molecule has 0 bridgehead atoms. The van der Waals surface area contributed by atoms with Gasteiger partial charge in [-0.25, -0.2) is 9.59 Å². The molecule has 0 radical (unpaired) electrons. The van der Waals surface area contributed by atoms with Crippen molar-refractivity contribution in [1.29, 1.82) is 0 Å². The number of hydrogen-bond acceptors (Lipinski definition) is 3. The molecule has 88 valence electrons. The average Bonchev–Trinajstić information content (AvgIpc) is 2.19. The van der Waals surface area contributed by atoms with E-state index >= 15 is 0 Å². The highest BCUT2D eigenvalue weighted by Gasteiger charge is 2.13. The molecule has 0 aliphatic carbocycles. The monoisotopic (exact) mass is 224 g/mol. The SMILES string of the molecule is CCc1nc(=O)n(CC(C)C)cc1C(=O)O. The van der Waals surface area contributed by atoms with E-state index in [2.05, 4.69) is 4.98 Å². The van der Waals surface area contributed by atoms with Crippen molar-refractivity contribution >= 4 is 5.97 Å². The van der Waals surface area contributed by atoms with Gasteiger partial charge < -0.3 is 5.11 Å². The fourth-order valence-corrected chi connectivity index (χ4v) is 1.50. The van der Waals surface area contributed by atoms with Gasteiger partial charge in [0.25, 0.3) is 0 Å². The lowest BCUT2D eigenvalue weighted by Crippen LogP contribution is -2.28. The van der Waals surface area contributed by atoms with Gasteiger partial charge in [-0.05, 0) is 12.3 Å². The molecule has 0 unspecified atom stereocenters. The van der Waals surface area contributed by atoms with Gasteiger partial charge in [-0.1, -0.05) is 20.8 Å². The molecule has 1 aromatic heterocycles. The van der Waals surface area contributed by atoms with Crippen LogP contribution in [0.1, 0.15) is 36.8 Å². The maximum absolute atomic E-state index is 11.6. The Kier molecular flexibility index (Phi) is 3.82. The minimum Gasteiger partial charge on any atom is -0.478 e. The zero-order valence-corrected chi connectivity index (χ0v) is 9.73. The van der Waals surface area contributed by atoms with Crippen LogP contribution < -0.4 is 5.69 Å². The molecule has 0 saturated carbocycles. The zero-order valence-electron chi connectivity index (χ0n) is 9.73. The third kappa shape index (κ3) is 2.68. The average molecular weight is 224 g/mol. The molecule has 0 atom stereocenters. The third-order valence-corrected chi connectivity index (χ3v) is 2.20. The lowest BCUT2D eigenvalue weighted by Gasteiger charge is -2.10. The number of carboxylic acid groups (broad SMARTS) is 1. The van der Waals surface area contributed by atoms with Crippen LogP contribution in [0.15, 0.2) is 11.0 Å². The van der Waals surface area contributed by atoms with E-state index < -0.39 is 5.97 Å². The topological polar surface area (TPSA) is 72.2 Å². The summed E-state index contributed by atoms with van der Waals surface area (Å²) in [5, 5.41) is 8.99. The van der Waals surface area contributed by atoms with Crippen molar-refractivity contribution < 1.29 is 9.90 Å². The van der Waals surface area contributed by atoms with Crippen LogP contribution in [0.25, 0.3) is 0 Å². The molecule has 0 spiro atoms. The summed E-state index contributed by atoms with van der Waals surface area (Å²) in [6, 6.07) is 0. The molecule has 5 nitrogen and oxygen atoms in total. The van der Waals surface area contributed by atoms with Crippen molar-refractivity contribution in [3.8, 4) is 0 Å². The van der Waals surface area contributed by atoms with Gasteiger partial charge in [0, 0.05) is 12.7 Å². The lowest BCUT2D eigenvalue weighted by molar-refractivity contribution is 0.0693.